The van der Waals surface area contributed by atoms with Crippen LogP contribution in [0.5, 0.6) is 0 Å². The molecule has 2 rings (SSSR count). The second-order valence-electron chi connectivity index (χ2n) is 6.73. The molecule has 0 bridgehead atoms. The van der Waals surface area contributed by atoms with Gasteiger partial charge >= 0.3 is 9.41 Å². The van der Waals surface area contributed by atoms with E-state index in [1.807, 2.05) is 0 Å². The maximum atomic E-state index is 12.6. The van der Waals surface area contributed by atoms with Gasteiger partial charge < -0.3 is 21.3 Å². The van der Waals surface area contributed by atoms with Crippen molar-refractivity contribution in [1.29, 1.82) is 0 Å². The predicted octanol–water partition coefficient (Wildman–Crippen LogP) is -2.07. The van der Waals surface area contributed by atoms with Gasteiger partial charge in [0.15, 0.2) is 0 Å². The Kier molecular flexibility index (Phi) is 8.21. The van der Waals surface area contributed by atoms with Gasteiger partial charge in [-0.25, -0.2) is 33.7 Å². The minimum atomic E-state index is -4.67. The molecule has 0 saturated carbocycles. The first-order valence-electron chi connectivity index (χ1n) is 9.11. The molecule has 2 N–H and O–H groups in total. The zero-order valence-electron chi connectivity index (χ0n) is 16.8. The average molecular weight is 537 g/mol. The fraction of sp³-hybridized carbons (Fsp3) is 0.294. The quantitative estimate of drug-likeness (QED) is 0.287. The molecule has 0 aromatic heterocycles. The molecule has 0 radical (unpaired) electrons. The molecule has 0 fully saturated rings. The number of hydrogen-bond donors (Lipinski definition) is 2. The van der Waals surface area contributed by atoms with Crippen LogP contribution in [0.2, 0.25) is 0 Å². The molecule has 2 aromatic rings. The summed E-state index contributed by atoms with van der Waals surface area (Å²) in [6.07, 6.45) is -0.713. The van der Waals surface area contributed by atoms with Gasteiger partial charge in [0, 0.05) is 0 Å². The van der Waals surface area contributed by atoms with Crippen LogP contribution in [0, 0.1) is 0 Å². The van der Waals surface area contributed by atoms with E-state index in [9.17, 15) is 44.7 Å². The Balaban J connectivity index is 2.23. The summed E-state index contributed by atoms with van der Waals surface area (Å²) in [5, 5.41) is 2.47. The van der Waals surface area contributed by atoms with Crippen LogP contribution in [0.1, 0.15) is 6.42 Å². The molecule has 2 aromatic carbocycles. The lowest BCUT2D eigenvalue weighted by atomic mass is 10.4. The summed E-state index contributed by atoms with van der Waals surface area (Å²) in [5.41, 5.74) is 18.5. The van der Waals surface area contributed by atoms with Crippen LogP contribution in [-0.2, 0) is 39.3 Å². The maximum Gasteiger partial charge on any atom is 0.344 e. The minimum absolute atomic E-state index is 0.397. The fourth-order valence-corrected chi connectivity index (χ4v) is 11.0. The lowest BCUT2D eigenvalue weighted by Crippen LogP contribution is -2.77. The number of nitrogens with one attached hydrogen (secondary N) is 2. The van der Waals surface area contributed by atoms with E-state index in [4.69, 9.17) is 0 Å². The molecule has 180 valence electrons. The third-order valence-corrected chi connectivity index (χ3v) is 14.1. The Morgan fingerprint density at radius 3 is 1.15 bits per heavy atom. The zero-order valence-corrected chi connectivity index (χ0v) is 20.1. The van der Waals surface area contributed by atoms with Crippen molar-refractivity contribution >= 4 is 39.3 Å². The molecule has 0 amide bonds. The molecule has 0 saturated heterocycles. The summed E-state index contributed by atoms with van der Waals surface area (Å²) < 4.78 is 95.5. The van der Waals surface area contributed by atoms with Crippen molar-refractivity contribution in [2.45, 2.75) is 25.6 Å². The predicted molar refractivity (Wildman–Crippen MR) is 116 cm³/mol. The van der Waals surface area contributed by atoms with E-state index in [1.54, 1.807) is 0 Å². The molecular formula is C17H20N4O8S4. The van der Waals surface area contributed by atoms with Crippen molar-refractivity contribution in [1.82, 2.24) is 0 Å². The van der Waals surface area contributed by atoms with Crippen LogP contribution in [0.4, 0.5) is 0 Å². The minimum Gasteiger partial charge on any atom is -0.507 e. The van der Waals surface area contributed by atoms with Crippen LogP contribution in [0.3, 0.4) is 0 Å². The average Bonchev–Trinajstić information content (AvgIpc) is 2.74. The Bertz CT molecular complexity index is 1310. The van der Waals surface area contributed by atoms with Gasteiger partial charge in [-0.1, -0.05) is 36.4 Å². The summed E-state index contributed by atoms with van der Waals surface area (Å²) in [6, 6.07) is 12.8. The van der Waals surface area contributed by atoms with Crippen LogP contribution >= 0.6 is 0 Å². The van der Waals surface area contributed by atoms with Crippen molar-refractivity contribution in [3.8, 4) is 0 Å². The summed E-state index contributed by atoms with van der Waals surface area (Å²) in [4.78, 5) is -0.794. The summed E-state index contributed by atoms with van der Waals surface area (Å²) in [7, 11) is -18.5. The monoisotopic (exact) mass is 536 g/mol. The van der Waals surface area contributed by atoms with Crippen molar-refractivity contribution in [3.05, 3.63) is 71.7 Å². The van der Waals surface area contributed by atoms with Gasteiger partial charge in [-0.2, -0.15) is 0 Å². The normalized spacial score (nSPS) is 14.8. The van der Waals surface area contributed by atoms with Crippen LogP contribution in [0.15, 0.2) is 70.5 Å². The van der Waals surface area contributed by atoms with Gasteiger partial charge in [0.25, 0.3) is 19.7 Å². The van der Waals surface area contributed by atoms with E-state index in [-0.39, 0.29) is 0 Å². The van der Waals surface area contributed by atoms with Gasteiger partial charge in [0.2, 0.25) is 19.7 Å². The molecule has 16 heteroatoms. The molecule has 0 aliphatic heterocycles. The third kappa shape index (κ3) is 5.87. The van der Waals surface area contributed by atoms with E-state index >= 15 is 0 Å². The molecule has 2 unspecified atom stereocenters. The highest BCUT2D eigenvalue weighted by atomic mass is 32.3. The molecule has 0 aliphatic rings. The Morgan fingerprint density at radius 2 is 0.879 bits per heavy atom. The SMILES string of the molecule is [N-]=[NH+]C(S(=O)(=O)CCCS(=O)(=O)C([NH+]=[N-])S(=O)(=O)c1ccccc1)S(=O)(=O)c1ccccc1. The molecule has 12 nitrogen and oxygen atoms in total. The first-order chi connectivity index (χ1) is 15.3. The molecule has 0 heterocycles. The largest absolute Gasteiger partial charge is 0.507 e. The van der Waals surface area contributed by atoms with Gasteiger partial charge in [-0.15, -0.1) is 0 Å². The smallest absolute Gasteiger partial charge is 0.344 e. The lowest BCUT2D eigenvalue weighted by molar-refractivity contribution is -0.474. The highest BCUT2D eigenvalue weighted by molar-refractivity contribution is 8.09. The van der Waals surface area contributed by atoms with Crippen molar-refractivity contribution < 1.29 is 43.9 Å². The van der Waals surface area contributed by atoms with Crippen molar-refractivity contribution in [3.63, 3.8) is 0 Å². The van der Waals surface area contributed by atoms with Crippen molar-refractivity contribution in [2.24, 2.45) is 0 Å². The number of benzene rings is 2. The van der Waals surface area contributed by atoms with Crippen LogP contribution in [0.25, 0.3) is 11.1 Å². The first kappa shape index (κ1) is 26.7. The Hall–Kier alpha value is -2.56. The lowest BCUT2D eigenvalue weighted by Gasteiger charge is -2.14. The standard InChI is InChI=1S/C17H20N4O8S4/c18-20-16(32(26,27)14-8-3-1-4-9-14)30(22,23)12-7-13-31(24,25)17(21-19)33(28,29)15-10-5-2-6-11-15/h1-6,8-11,16-17,20-21H,7,12-13H2. The molecule has 2 atom stereocenters. The van der Waals surface area contributed by atoms with E-state index in [0.717, 1.165) is 24.3 Å². The van der Waals surface area contributed by atoms with E-state index in [0.29, 0.717) is 0 Å². The third-order valence-electron chi connectivity index (χ3n) is 4.43. The van der Waals surface area contributed by atoms with E-state index in [2.05, 4.69) is 0 Å². The van der Waals surface area contributed by atoms with Crippen LogP contribution < -0.4 is 10.2 Å². The molecule has 0 spiro atoms. The molecular weight excluding hydrogens is 516 g/mol. The van der Waals surface area contributed by atoms with E-state index < -0.39 is 76.5 Å². The van der Waals surface area contributed by atoms with Crippen molar-refractivity contribution in [2.75, 3.05) is 11.5 Å². The van der Waals surface area contributed by atoms with Gasteiger partial charge in [0.1, 0.15) is 0 Å². The molecule has 33 heavy (non-hydrogen) atoms. The number of rotatable bonds is 12. The maximum absolute atomic E-state index is 12.6. The Morgan fingerprint density at radius 1 is 0.576 bits per heavy atom. The number of hydrogen-bond acceptors (Lipinski definition) is 8. The van der Waals surface area contributed by atoms with Gasteiger partial charge in [0.05, 0.1) is 21.3 Å². The Labute approximate surface area is 191 Å². The van der Waals surface area contributed by atoms with Gasteiger partial charge in [-0.3, -0.25) is 0 Å². The highest BCUT2D eigenvalue weighted by Gasteiger charge is 2.44. The summed E-state index contributed by atoms with van der Waals surface area (Å²) in [6.45, 7) is 0. The van der Waals surface area contributed by atoms with Gasteiger partial charge in [-0.05, 0) is 30.7 Å². The fourth-order valence-electron chi connectivity index (χ4n) is 2.83. The molecule has 0 aliphatic carbocycles. The highest BCUT2D eigenvalue weighted by Crippen LogP contribution is 2.19. The number of nitrogens with zero attached hydrogens (tertiary/aromatic N) is 2. The summed E-state index contributed by atoms with van der Waals surface area (Å²) >= 11 is 0. The summed E-state index contributed by atoms with van der Waals surface area (Å²) in [5.74, 6) is -2.06. The number of sulfone groups is 4. The first-order valence-corrected chi connectivity index (χ1v) is 15.6. The second-order valence-corrected chi connectivity index (χ2v) is 15.8. The second kappa shape index (κ2) is 10.1. The topological polar surface area (TPSA) is 209 Å². The zero-order chi connectivity index (χ0) is 24.9. The van der Waals surface area contributed by atoms with Crippen LogP contribution in [-0.4, -0.2) is 54.6 Å². The van der Waals surface area contributed by atoms with E-state index in [1.165, 1.54) is 46.6 Å².